The lowest BCUT2D eigenvalue weighted by atomic mass is 10.2. The Hall–Kier alpha value is -2.88. The highest BCUT2D eigenvalue weighted by Crippen LogP contribution is 2.17. The van der Waals surface area contributed by atoms with Gasteiger partial charge >= 0.3 is 21.8 Å². The van der Waals surface area contributed by atoms with Gasteiger partial charge in [-0.15, -0.1) is 0 Å². The van der Waals surface area contributed by atoms with Crippen molar-refractivity contribution in [3.63, 3.8) is 0 Å². The molecule has 1 aromatic carbocycles. The van der Waals surface area contributed by atoms with Crippen LogP contribution < -0.4 is 15.4 Å². The summed E-state index contributed by atoms with van der Waals surface area (Å²) < 4.78 is 36.2. The summed E-state index contributed by atoms with van der Waals surface area (Å²) >= 11 is 0. The maximum absolute atomic E-state index is 12.4. The van der Waals surface area contributed by atoms with Gasteiger partial charge in [-0.1, -0.05) is 6.92 Å². The summed E-state index contributed by atoms with van der Waals surface area (Å²) in [4.78, 5) is 34.7. The fourth-order valence-corrected chi connectivity index (χ4v) is 3.14. The van der Waals surface area contributed by atoms with Crippen LogP contribution in [-0.2, 0) is 29.0 Å². The quantitative estimate of drug-likeness (QED) is 0.525. The maximum Gasteiger partial charge on any atom is 0.346 e. The Morgan fingerprint density at radius 3 is 2.31 bits per heavy atom. The number of nitrogens with zero attached hydrogens (tertiary/aromatic N) is 2. The number of carbonyl (C=O) groups is 1. The predicted molar refractivity (Wildman–Crippen MR) is 91.8 cm³/mol. The van der Waals surface area contributed by atoms with Crippen molar-refractivity contribution in [1.29, 1.82) is 0 Å². The SMILES string of the molecule is CCCOC(=O)c1ccc(OS(=O)(=O)c2cn(C)c(=O)n(C)c2=O)cc1. The Bertz CT molecular complexity index is 1030. The number of aryl methyl sites for hydroxylation is 1. The van der Waals surface area contributed by atoms with Gasteiger partial charge in [-0.05, 0) is 30.7 Å². The van der Waals surface area contributed by atoms with Crippen LogP contribution in [0.4, 0.5) is 0 Å². The standard InChI is InChI=1S/C16H18N2O7S/c1-4-9-24-15(20)11-5-7-12(8-6-11)25-26(22,23)13-10-17(2)16(21)18(3)14(13)19/h5-8,10H,4,9H2,1-3H3. The summed E-state index contributed by atoms with van der Waals surface area (Å²) in [6, 6.07) is 5.24. The molecule has 0 amide bonds. The van der Waals surface area contributed by atoms with E-state index in [0.717, 1.165) is 10.8 Å². The first-order chi connectivity index (χ1) is 12.2. The molecule has 0 aliphatic carbocycles. The second-order valence-corrected chi connectivity index (χ2v) is 6.96. The molecule has 9 nitrogen and oxygen atoms in total. The number of rotatable bonds is 6. The number of benzene rings is 1. The Morgan fingerprint density at radius 1 is 1.12 bits per heavy atom. The van der Waals surface area contributed by atoms with Crippen molar-refractivity contribution in [3.05, 3.63) is 56.9 Å². The van der Waals surface area contributed by atoms with E-state index < -0.39 is 32.2 Å². The number of hydrogen-bond acceptors (Lipinski definition) is 7. The number of esters is 1. The Balaban J connectivity index is 2.29. The second-order valence-electron chi connectivity index (χ2n) is 5.45. The van der Waals surface area contributed by atoms with Gasteiger partial charge in [0.1, 0.15) is 5.75 Å². The predicted octanol–water partition coefficient (Wildman–Crippen LogP) is 0.418. The summed E-state index contributed by atoms with van der Waals surface area (Å²) in [6.45, 7) is 2.14. The van der Waals surface area contributed by atoms with Gasteiger partial charge in [0.15, 0.2) is 4.90 Å². The van der Waals surface area contributed by atoms with Gasteiger partial charge in [0.05, 0.1) is 12.2 Å². The van der Waals surface area contributed by atoms with Crippen molar-refractivity contribution in [2.45, 2.75) is 18.2 Å². The molecule has 0 unspecified atom stereocenters. The number of aromatic nitrogens is 2. The van der Waals surface area contributed by atoms with Gasteiger partial charge in [-0.3, -0.25) is 9.36 Å². The molecule has 0 aliphatic heterocycles. The van der Waals surface area contributed by atoms with E-state index in [2.05, 4.69) is 0 Å². The average molecular weight is 382 g/mol. The van der Waals surface area contributed by atoms with Gasteiger partial charge in [-0.2, -0.15) is 8.42 Å². The Labute approximate surface area is 149 Å². The summed E-state index contributed by atoms with van der Waals surface area (Å²) in [7, 11) is -1.98. The van der Waals surface area contributed by atoms with Crippen LogP contribution in [0.1, 0.15) is 23.7 Å². The molecule has 0 spiro atoms. The lowest BCUT2D eigenvalue weighted by Gasteiger charge is -2.09. The normalized spacial score (nSPS) is 11.2. The minimum atomic E-state index is -4.46. The Kier molecular flexibility index (Phi) is 5.66. The molecular weight excluding hydrogens is 364 g/mol. The molecule has 2 aromatic rings. The van der Waals surface area contributed by atoms with Crippen molar-refractivity contribution >= 4 is 16.1 Å². The fourth-order valence-electron chi connectivity index (χ4n) is 2.04. The third-order valence-electron chi connectivity index (χ3n) is 3.42. The molecule has 10 heteroatoms. The van der Waals surface area contributed by atoms with Crippen LogP contribution >= 0.6 is 0 Å². The van der Waals surface area contributed by atoms with E-state index >= 15 is 0 Å². The molecule has 2 rings (SSSR count). The fraction of sp³-hybridized carbons (Fsp3) is 0.312. The highest BCUT2D eigenvalue weighted by molar-refractivity contribution is 7.87. The largest absolute Gasteiger partial charge is 0.462 e. The number of ether oxygens (including phenoxy) is 1. The lowest BCUT2D eigenvalue weighted by Crippen LogP contribution is -2.39. The molecular formula is C16H18N2O7S. The molecule has 140 valence electrons. The highest BCUT2D eigenvalue weighted by atomic mass is 32.2. The van der Waals surface area contributed by atoms with E-state index in [1.807, 2.05) is 6.92 Å². The van der Waals surface area contributed by atoms with Crippen molar-refractivity contribution in [2.75, 3.05) is 6.61 Å². The van der Waals surface area contributed by atoms with Gasteiger partial charge in [0, 0.05) is 20.3 Å². The molecule has 0 radical (unpaired) electrons. The molecule has 1 heterocycles. The van der Waals surface area contributed by atoms with Crippen molar-refractivity contribution in [3.8, 4) is 5.75 Å². The molecule has 0 atom stereocenters. The smallest absolute Gasteiger partial charge is 0.346 e. The minimum absolute atomic E-state index is 0.0899. The third-order valence-corrected chi connectivity index (χ3v) is 4.65. The van der Waals surface area contributed by atoms with Crippen LogP contribution in [0.15, 0.2) is 44.9 Å². The van der Waals surface area contributed by atoms with Crippen LogP contribution in [0.5, 0.6) is 5.75 Å². The monoisotopic (exact) mass is 382 g/mol. The molecule has 1 aromatic heterocycles. The van der Waals surface area contributed by atoms with Gasteiger partial charge in [-0.25, -0.2) is 9.59 Å². The topological polar surface area (TPSA) is 114 Å². The van der Waals surface area contributed by atoms with Crippen LogP contribution in [0.25, 0.3) is 0 Å². The summed E-state index contributed by atoms with van der Waals surface area (Å²) in [5.74, 6) is -0.624. The van der Waals surface area contributed by atoms with Gasteiger partial charge in [0.2, 0.25) is 0 Å². The first-order valence-corrected chi connectivity index (χ1v) is 9.06. The van der Waals surface area contributed by atoms with Crippen molar-refractivity contribution < 1.29 is 22.1 Å². The zero-order valence-corrected chi connectivity index (χ0v) is 15.3. The van der Waals surface area contributed by atoms with Crippen molar-refractivity contribution in [2.24, 2.45) is 14.1 Å². The molecule has 0 bridgehead atoms. The minimum Gasteiger partial charge on any atom is -0.462 e. The van der Waals surface area contributed by atoms with E-state index in [0.29, 0.717) is 11.0 Å². The van der Waals surface area contributed by atoms with E-state index in [4.69, 9.17) is 8.92 Å². The second kappa shape index (κ2) is 7.56. The third kappa shape index (κ3) is 4.02. The van der Waals surface area contributed by atoms with Gasteiger partial charge < -0.3 is 13.5 Å². The molecule has 0 N–H and O–H groups in total. The molecule has 0 saturated carbocycles. The zero-order chi connectivity index (χ0) is 19.5. The molecule has 0 fully saturated rings. The van der Waals surface area contributed by atoms with Crippen LogP contribution in [0, 0.1) is 0 Å². The average Bonchev–Trinajstić information content (AvgIpc) is 2.61. The van der Waals surface area contributed by atoms with Gasteiger partial charge in [0.25, 0.3) is 5.56 Å². The molecule has 0 saturated heterocycles. The van der Waals surface area contributed by atoms with E-state index in [-0.39, 0.29) is 17.9 Å². The van der Waals surface area contributed by atoms with Crippen LogP contribution in [0.2, 0.25) is 0 Å². The molecule has 26 heavy (non-hydrogen) atoms. The zero-order valence-electron chi connectivity index (χ0n) is 14.5. The van der Waals surface area contributed by atoms with E-state index in [9.17, 15) is 22.8 Å². The first-order valence-electron chi connectivity index (χ1n) is 7.65. The number of hydrogen-bond donors (Lipinski definition) is 0. The summed E-state index contributed by atoms with van der Waals surface area (Å²) in [5, 5.41) is 0. The first kappa shape index (κ1) is 19.4. The number of carbonyl (C=O) groups excluding carboxylic acids is 1. The van der Waals surface area contributed by atoms with E-state index in [1.165, 1.54) is 38.4 Å². The van der Waals surface area contributed by atoms with Crippen LogP contribution in [-0.4, -0.2) is 30.1 Å². The maximum atomic E-state index is 12.4. The Morgan fingerprint density at radius 2 is 1.73 bits per heavy atom. The highest BCUT2D eigenvalue weighted by Gasteiger charge is 2.24. The molecule has 0 aliphatic rings. The summed E-state index contributed by atoms with van der Waals surface area (Å²) in [5.41, 5.74) is -1.42. The summed E-state index contributed by atoms with van der Waals surface area (Å²) in [6.07, 6.45) is 1.58. The lowest BCUT2D eigenvalue weighted by molar-refractivity contribution is 0.0505. The van der Waals surface area contributed by atoms with Crippen LogP contribution in [0.3, 0.4) is 0 Å². The van der Waals surface area contributed by atoms with Crippen molar-refractivity contribution in [1.82, 2.24) is 9.13 Å². The van der Waals surface area contributed by atoms with E-state index in [1.54, 1.807) is 0 Å².